The highest BCUT2D eigenvalue weighted by Crippen LogP contribution is 2.31. The number of aryl methyl sites for hydroxylation is 1. The standard InChI is InChI=1S/C25H31N5O2S2/c1-4-32-24(31)22-15-21(14-19-8-6-5-7-9-19)34-23(22)27-25(33)30-12-10-29(11-13-30)17-20-16-26-28(3)18(20)2/h5-9,15-16H,4,10-14,17H2,1-3H3,(H,27,33). The van der Waals surface area contributed by atoms with Crippen LogP contribution in [0.25, 0.3) is 0 Å². The molecule has 1 N–H and O–H groups in total. The summed E-state index contributed by atoms with van der Waals surface area (Å²) in [6.45, 7) is 8.67. The normalized spacial score (nSPS) is 14.3. The summed E-state index contributed by atoms with van der Waals surface area (Å²) in [5.74, 6) is -0.319. The third-order valence-corrected chi connectivity index (χ3v) is 7.52. The van der Waals surface area contributed by atoms with E-state index in [0.29, 0.717) is 17.3 Å². The Morgan fingerprint density at radius 3 is 2.59 bits per heavy atom. The average Bonchev–Trinajstić information content (AvgIpc) is 3.38. The van der Waals surface area contributed by atoms with E-state index >= 15 is 0 Å². The van der Waals surface area contributed by atoms with E-state index in [-0.39, 0.29) is 5.97 Å². The van der Waals surface area contributed by atoms with Crippen LogP contribution in [0.5, 0.6) is 0 Å². The molecule has 1 aromatic carbocycles. The molecule has 7 nitrogen and oxygen atoms in total. The number of thiocarbonyl (C=S) groups is 1. The van der Waals surface area contributed by atoms with E-state index in [1.807, 2.05) is 49.1 Å². The van der Waals surface area contributed by atoms with Crippen molar-refractivity contribution in [3.8, 4) is 0 Å². The Labute approximate surface area is 210 Å². The van der Waals surface area contributed by atoms with Crippen LogP contribution in [-0.2, 0) is 24.8 Å². The van der Waals surface area contributed by atoms with Gasteiger partial charge in [-0.1, -0.05) is 30.3 Å². The molecule has 180 valence electrons. The number of aromatic nitrogens is 2. The van der Waals surface area contributed by atoms with Crippen LogP contribution in [-0.4, -0.2) is 63.4 Å². The highest BCUT2D eigenvalue weighted by molar-refractivity contribution is 7.80. The van der Waals surface area contributed by atoms with E-state index in [2.05, 4.69) is 39.3 Å². The molecule has 4 rings (SSSR count). The van der Waals surface area contributed by atoms with Crippen LogP contribution in [0.2, 0.25) is 0 Å². The second-order valence-corrected chi connectivity index (χ2v) is 9.93. The number of nitrogens with zero attached hydrogens (tertiary/aromatic N) is 4. The summed E-state index contributed by atoms with van der Waals surface area (Å²) >= 11 is 7.30. The van der Waals surface area contributed by atoms with Crippen LogP contribution >= 0.6 is 23.6 Å². The minimum atomic E-state index is -0.319. The third kappa shape index (κ3) is 5.84. The Bertz CT molecular complexity index is 1130. The van der Waals surface area contributed by atoms with Gasteiger partial charge in [0.2, 0.25) is 0 Å². The van der Waals surface area contributed by atoms with Crippen molar-refractivity contribution >= 4 is 39.6 Å². The maximum atomic E-state index is 12.6. The van der Waals surface area contributed by atoms with Gasteiger partial charge in [-0.05, 0) is 37.7 Å². The average molecular weight is 498 g/mol. The fourth-order valence-corrected chi connectivity index (χ4v) is 5.43. The number of carbonyl (C=O) groups is 1. The minimum Gasteiger partial charge on any atom is -0.462 e. The van der Waals surface area contributed by atoms with Gasteiger partial charge in [-0.15, -0.1) is 11.3 Å². The third-order valence-electron chi connectivity index (χ3n) is 6.11. The number of carbonyl (C=O) groups excluding carboxylic acids is 1. The van der Waals surface area contributed by atoms with Crippen LogP contribution in [0.15, 0.2) is 42.6 Å². The lowest BCUT2D eigenvalue weighted by molar-refractivity contribution is 0.0528. The Morgan fingerprint density at radius 2 is 1.94 bits per heavy atom. The number of hydrogen-bond acceptors (Lipinski definition) is 6. The molecule has 1 aliphatic rings. The van der Waals surface area contributed by atoms with Gasteiger partial charge in [0.05, 0.1) is 18.4 Å². The summed E-state index contributed by atoms with van der Waals surface area (Å²) in [4.78, 5) is 18.3. The summed E-state index contributed by atoms with van der Waals surface area (Å²) in [5.41, 5.74) is 4.22. The quantitative estimate of drug-likeness (QED) is 0.390. The van der Waals surface area contributed by atoms with Gasteiger partial charge in [0.1, 0.15) is 5.00 Å². The Morgan fingerprint density at radius 1 is 1.21 bits per heavy atom. The van der Waals surface area contributed by atoms with E-state index in [9.17, 15) is 4.79 Å². The molecule has 0 spiro atoms. The van der Waals surface area contributed by atoms with Crippen molar-refractivity contribution < 1.29 is 9.53 Å². The first kappa shape index (κ1) is 24.4. The number of nitrogens with one attached hydrogen (secondary N) is 1. The molecule has 0 amide bonds. The van der Waals surface area contributed by atoms with Gasteiger partial charge >= 0.3 is 5.97 Å². The number of ether oxygens (including phenoxy) is 1. The topological polar surface area (TPSA) is 62.6 Å². The maximum Gasteiger partial charge on any atom is 0.341 e. The summed E-state index contributed by atoms with van der Waals surface area (Å²) in [6.07, 6.45) is 2.72. The molecule has 34 heavy (non-hydrogen) atoms. The molecule has 2 aromatic heterocycles. The Kier molecular flexibility index (Phi) is 7.97. The van der Waals surface area contributed by atoms with Crippen molar-refractivity contribution in [2.24, 2.45) is 7.05 Å². The highest BCUT2D eigenvalue weighted by atomic mass is 32.1. The zero-order valence-corrected chi connectivity index (χ0v) is 21.5. The van der Waals surface area contributed by atoms with E-state index in [1.165, 1.54) is 16.8 Å². The predicted molar refractivity (Wildman–Crippen MR) is 141 cm³/mol. The lowest BCUT2D eigenvalue weighted by Gasteiger charge is -2.36. The second kappa shape index (κ2) is 11.1. The lowest BCUT2D eigenvalue weighted by atomic mass is 10.1. The maximum absolute atomic E-state index is 12.6. The molecule has 1 saturated heterocycles. The molecule has 0 atom stereocenters. The second-order valence-electron chi connectivity index (χ2n) is 8.41. The van der Waals surface area contributed by atoms with Gasteiger partial charge in [0, 0.05) is 62.3 Å². The molecule has 3 heterocycles. The molecule has 0 unspecified atom stereocenters. The largest absolute Gasteiger partial charge is 0.462 e. The number of hydrogen-bond donors (Lipinski definition) is 1. The number of thiophene rings is 1. The van der Waals surface area contributed by atoms with E-state index in [1.54, 1.807) is 11.3 Å². The molecule has 0 radical (unpaired) electrons. The minimum absolute atomic E-state index is 0.319. The first-order valence-electron chi connectivity index (χ1n) is 11.5. The zero-order valence-electron chi connectivity index (χ0n) is 19.9. The fourth-order valence-electron chi connectivity index (χ4n) is 4.01. The van der Waals surface area contributed by atoms with E-state index < -0.39 is 0 Å². The van der Waals surface area contributed by atoms with Crippen molar-refractivity contribution in [2.75, 3.05) is 38.1 Å². The molecule has 1 fully saturated rings. The summed E-state index contributed by atoms with van der Waals surface area (Å²) < 4.78 is 7.21. The first-order valence-corrected chi connectivity index (χ1v) is 12.8. The zero-order chi connectivity index (χ0) is 24.1. The van der Waals surface area contributed by atoms with Crippen LogP contribution in [0.4, 0.5) is 5.00 Å². The molecule has 0 saturated carbocycles. The van der Waals surface area contributed by atoms with Gasteiger partial charge < -0.3 is 15.0 Å². The van der Waals surface area contributed by atoms with Crippen molar-refractivity contribution in [1.82, 2.24) is 19.6 Å². The van der Waals surface area contributed by atoms with Gasteiger partial charge in [0.25, 0.3) is 0 Å². The lowest BCUT2D eigenvalue weighted by Crippen LogP contribution is -2.49. The molecule has 9 heteroatoms. The predicted octanol–water partition coefficient (Wildman–Crippen LogP) is 4.07. The molecule has 0 bridgehead atoms. The van der Waals surface area contributed by atoms with Crippen molar-refractivity contribution in [2.45, 2.75) is 26.8 Å². The van der Waals surface area contributed by atoms with Crippen LogP contribution in [0.3, 0.4) is 0 Å². The van der Waals surface area contributed by atoms with Crippen LogP contribution in [0, 0.1) is 6.92 Å². The number of esters is 1. The SMILES string of the molecule is CCOC(=O)c1cc(Cc2ccccc2)sc1NC(=S)N1CCN(Cc2cnn(C)c2C)CC1. The highest BCUT2D eigenvalue weighted by Gasteiger charge is 2.23. The fraction of sp³-hybridized carbons (Fsp3) is 0.400. The van der Waals surface area contributed by atoms with Gasteiger partial charge in [-0.3, -0.25) is 9.58 Å². The van der Waals surface area contributed by atoms with Gasteiger partial charge in [-0.25, -0.2) is 4.79 Å². The van der Waals surface area contributed by atoms with E-state index in [4.69, 9.17) is 17.0 Å². The van der Waals surface area contributed by atoms with Crippen molar-refractivity contribution in [1.29, 1.82) is 0 Å². The summed E-state index contributed by atoms with van der Waals surface area (Å²) in [6, 6.07) is 12.2. The van der Waals surface area contributed by atoms with Crippen LogP contribution < -0.4 is 5.32 Å². The number of rotatable bonds is 7. The summed E-state index contributed by atoms with van der Waals surface area (Å²) in [7, 11) is 1.97. The Hall–Kier alpha value is -2.75. The number of piperazine rings is 1. The van der Waals surface area contributed by atoms with Crippen molar-refractivity contribution in [3.05, 3.63) is 69.9 Å². The number of benzene rings is 1. The smallest absolute Gasteiger partial charge is 0.341 e. The molecule has 0 aliphatic carbocycles. The van der Waals surface area contributed by atoms with Crippen LogP contribution in [0.1, 0.15) is 39.0 Å². The monoisotopic (exact) mass is 497 g/mol. The van der Waals surface area contributed by atoms with Gasteiger partial charge in [0.15, 0.2) is 5.11 Å². The number of anilines is 1. The van der Waals surface area contributed by atoms with Gasteiger partial charge in [-0.2, -0.15) is 5.10 Å². The molecule has 1 aliphatic heterocycles. The summed E-state index contributed by atoms with van der Waals surface area (Å²) in [5, 5.41) is 9.10. The Balaban J connectivity index is 1.39. The first-order chi connectivity index (χ1) is 16.4. The molecular formula is C25H31N5O2S2. The van der Waals surface area contributed by atoms with Crippen molar-refractivity contribution in [3.63, 3.8) is 0 Å². The molecule has 3 aromatic rings. The van der Waals surface area contributed by atoms with E-state index in [0.717, 1.165) is 49.0 Å². The molecular weight excluding hydrogens is 466 g/mol.